The molecule has 0 heterocycles. The van der Waals surface area contributed by atoms with Crippen LogP contribution in [-0.2, 0) is 4.79 Å². The Morgan fingerprint density at radius 2 is 1.91 bits per heavy atom. The molecule has 1 N–H and O–H groups in total. The van der Waals surface area contributed by atoms with Gasteiger partial charge in [-0.25, -0.2) is 0 Å². The maximum Gasteiger partial charge on any atom is 0.174 e. The van der Waals surface area contributed by atoms with E-state index in [4.69, 9.17) is 11.6 Å². The highest BCUT2D eigenvalue weighted by molar-refractivity contribution is 6.43. The van der Waals surface area contributed by atoms with Gasteiger partial charge >= 0.3 is 0 Å². The summed E-state index contributed by atoms with van der Waals surface area (Å²) in [5.41, 5.74) is 1.94. The van der Waals surface area contributed by atoms with E-state index in [1.807, 2.05) is 0 Å². The van der Waals surface area contributed by atoms with E-state index in [-0.39, 0.29) is 22.7 Å². The number of hydrogen-bond acceptors (Lipinski definition) is 2. The molecule has 4 saturated carbocycles. The molecule has 0 aliphatic heterocycles. The summed E-state index contributed by atoms with van der Waals surface area (Å²) in [7, 11) is 0. The van der Waals surface area contributed by atoms with Gasteiger partial charge in [-0.1, -0.05) is 25.4 Å². The maximum absolute atomic E-state index is 12.1. The van der Waals surface area contributed by atoms with Crippen LogP contribution in [0.1, 0.15) is 65.2 Å². The van der Waals surface area contributed by atoms with Gasteiger partial charge in [0.2, 0.25) is 0 Å². The Morgan fingerprint density at radius 1 is 1.13 bits per heavy atom. The zero-order valence-electron chi connectivity index (χ0n) is 14.2. The topological polar surface area (TPSA) is 37.3 Å². The standard InChI is InChI=1S/C20H27ClO2/c1-18-7-6-15(22)17(21)14(18)4-3-13-12(18)5-8-19(2)16(23)9-11-10-20(11,13)19/h11-13,16,23H,3-10H2,1-2H3/t11-,12-,13+,16+,18+,19+,20+/m0/s1. The summed E-state index contributed by atoms with van der Waals surface area (Å²) in [6.07, 6.45) is 8.41. The molecule has 0 saturated heterocycles. The summed E-state index contributed by atoms with van der Waals surface area (Å²) < 4.78 is 0. The third kappa shape index (κ3) is 1.50. The van der Waals surface area contributed by atoms with Crippen LogP contribution in [0.5, 0.6) is 0 Å². The fraction of sp³-hybridized carbons (Fsp3) is 0.850. The van der Waals surface area contributed by atoms with Crippen molar-refractivity contribution in [2.24, 2.45) is 34.0 Å². The smallest absolute Gasteiger partial charge is 0.174 e. The molecule has 4 fully saturated rings. The number of halogens is 1. The van der Waals surface area contributed by atoms with Crippen molar-refractivity contribution in [1.82, 2.24) is 0 Å². The van der Waals surface area contributed by atoms with E-state index >= 15 is 0 Å². The van der Waals surface area contributed by atoms with E-state index in [0.717, 1.165) is 37.5 Å². The number of ketones is 1. The van der Waals surface area contributed by atoms with Crippen molar-refractivity contribution < 1.29 is 9.90 Å². The SMILES string of the molecule is C[C@]12CCC(=O)C(Cl)=C1CC[C@@H]1[C@@H]2CC[C@]2(C)[C@H](O)C[C@H]3C[C@@]312. The van der Waals surface area contributed by atoms with Crippen LogP contribution in [0.15, 0.2) is 10.6 Å². The van der Waals surface area contributed by atoms with Crippen LogP contribution in [0.4, 0.5) is 0 Å². The van der Waals surface area contributed by atoms with Gasteiger partial charge in [0.1, 0.15) is 0 Å². The van der Waals surface area contributed by atoms with Crippen LogP contribution >= 0.6 is 11.6 Å². The summed E-state index contributed by atoms with van der Waals surface area (Å²) in [6, 6.07) is 0. The van der Waals surface area contributed by atoms with Crippen LogP contribution in [0.2, 0.25) is 0 Å². The van der Waals surface area contributed by atoms with E-state index in [1.54, 1.807) is 0 Å². The number of Topliss-reactive ketones (excluding diaryl/α,β-unsaturated/α-hetero) is 1. The molecule has 0 aromatic carbocycles. The molecule has 0 radical (unpaired) electrons. The lowest BCUT2D eigenvalue weighted by Crippen LogP contribution is -2.53. The van der Waals surface area contributed by atoms with Crippen molar-refractivity contribution in [2.45, 2.75) is 71.3 Å². The number of hydrogen-bond donors (Lipinski definition) is 1. The Bertz CT molecular complexity index is 640. The van der Waals surface area contributed by atoms with Gasteiger partial charge in [-0.15, -0.1) is 0 Å². The highest BCUT2D eigenvalue weighted by atomic mass is 35.5. The Hall–Kier alpha value is -0.340. The number of carbonyl (C=O) groups excluding carboxylic acids is 1. The van der Waals surface area contributed by atoms with Crippen molar-refractivity contribution in [3.8, 4) is 0 Å². The van der Waals surface area contributed by atoms with Crippen LogP contribution in [0.3, 0.4) is 0 Å². The fourth-order valence-corrected chi connectivity index (χ4v) is 8.26. The first kappa shape index (κ1) is 15.0. The zero-order valence-corrected chi connectivity index (χ0v) is 15.0. The Balaban J connectivity index is 1.59. The maximum atomic E-state index is 12.1. The van der Waals surface area contributed by atoms with Gasteiger partial charge in [-0.3, -0.25) is 4.79 Å². The molecular weight excluding hydrogens is 308 g/mol. The molecule has 1 spiro atoms. The molecule has 7 atom stereocenters. The third-order valence-electron chi connectivity index (χ3n) is 9.18. The second-order valence-corrected chi connectivity index (χ2v) is 9.91. The molecule has 5 aliphatic rings. The first-order valence-electron chi connectivity index (χ1n) is 9.45. The van der Waals surface area contributed by atoms with Gasteiger partial charge in [0.25, 0.3) is 0 Å². The van der Waals surface area contributed by atoms with Crippen LogP contribution < -0.4 is 0 Å². The largest absolute Gasteiger partial charge is 0.393 e. The van der Waals surface area contributed by atoms with Crippen molar-refractivity contribution in [3.05, 3.63) is 10.6 Å². The van der Waals surface area contributed by atoms with Gasteiger partial charge < -0.3 is 5.11 Å². The first-order chi connectivity index (χ1) is 10.8. The van der Waals surface area contributed by atoms with Gasteiger partial charge in [-0.2, -0.15) is 0 Å². The van der Waals surface area contributed by atoms with Gasteiger partial charge in [-0.05, 0) is 84.5 Å². The summed E-state index contributed by atoms with van der Waals surface area (Å²) >= 11 is 6.46. The minimum absolute atomic E-state index is 0.0940. The van der Waals surface area contributed by atoms with Gasteiger partial charge in [0.05, 0.1) is 11.1 Å². The summed E-state index contributed by atoms with van der Waals surface area (Å²) in [5, 5.41) is 11.2. The van der Waals surface area contributed by atoms with Crippen molar-refractivity contribution in [1.29, 1.82) is 0 Å². The lowest BCUT2D eigenvalue weighted by molar-refractivity contribution is -0.120. The third-order valence-corrected chi connectivity index (χ3v) is 9.61. The average Bonchev–Trinajstić information content (AvgIpc) is 3.17. The molecule has 0 unspecified atom stereocenters. The first-order valence-corrected chi connectivity index (χ1v) is 9.83. The number of carbonyl (C=O) groups is 1. The lowest BCUT2D eigenvalue weighted by atomic mass is 9.45. The normalized spacial score (nSPS) is 57.5. The molecule has 126 valence electrons. The van der Waals surface area contributed by atoms with Crippen LogP contribution in [0, 0.1) is 34.0 Å². The summed E-state index contributed by atoms with van der Waals surface area (Å²) in [5.74, 6) is 2.31. The van der Waals surface area contributed by atoms with Crippen LogP contribution in [0.25, 0.3) is 0 Å². The highest BCUT2D eigenvalue weighted by Gasteiger charge is 2.77. The Morgan fingerprint density at radius 3 is 2.70 bits per heavy atom. The molecule has 3 heteroatoms. The molecule has 0 aromatic heterocycles. The molecule has 5 rings (SSSR count). The van der Waals surface area contributed by atoms with E-state index in [1.165, 1.54) is 24.8 Å². The summed E-state index contributed by atoms with van der Waals surface area (Å²) in [6.45, 7) is 4.75. The Labute approximate surface area is 143 Å². The molecule has 23 heavy (non-hydrogen) atoms. The predicted octanol–water partition coefficient (Wildman–Crippen LogP) is 4.45. The molecule has 0 amide bonds. The van der Waals surface area contributed by atoms with Crippen molar-refractivity contribution in [2.75, 3.05) is 0 Å². The minimum atomic E-state index is -0.0940. The molecule has 0 aromatic rings. The second-order valence-electron chi connectivity index (χ2n) is 9.53. The van der Waals surface area contributed by atoms with E-state index in [0.29, 0.717) is 22.8 Å². The predicted molar refractivity (Wildman–Crippen MR) is 89.9 cm³/mol. The van der Waals surface area contributed by atoms with Crippen molar-refractivity contribution in [3.63, 3.8) is 0 Å². The monoisotopic (exact) mass is 334 g/mol. The molecular formula is C20H27ClO2. The summed E-state index contributed by atoms with van der Waals surface area (Å²) in [4.78, 5) is 12.1. The van der Waals surface area contributed by atoms with Crippen molar-refractivity contribution >= 4 is 17.4 Å². The number of aliphatic hydroxyl groups excluding tert-OH is 1. The second kappa shape index (κ2) is 4.25. The van der Waals surface area contributed by atoms with Crippen LogP contribution in [-0.4, -0.2) is 17.0 Å². The highest BCUT2D eigenvalue weighted by Crippen LogP contribution is 2.82. The number of allylic oxidation sites excluding steroid dienone is 1. The number of fused-ring (bicyclic) bond motifs is 3. The molecule has 0 bridgehead atoms. The van der Waals surface area contributed by atoms with Gasteiger partial charge in [0, 0.05) is 6.42 Å². The Kier molecular flexibility index (Phi) is 2.76. The average molecular weight is 335 g/mol. The lowest BCUT2D eigenvalue weighted by Gasteiger charge is -2.59. The van der Waals surface area contributed by atoms with E-state index in [2.05, 4.69) is 13.8 Å². The fourth-order valence-electron chi connectivity index (χ4n) is 7.85. The minimum Gasteiger partial charge on any atom is -0.393 e. The number of rotatable bonds is 0. The zero-order chi connectivity index (χ0) is 16.2. The number of aliphatic hydroxyl groups is 1. The quantitative estimate of drug-likeness (QED) is 0.710. The molecule has 2 nitrogen and oxygen atoms in total. The van der Waals surface area contributed by atoms with E-state index < -0.39 is 0 Å². The molecule has 5 aliphatic carbocycles. The van der Waals surface area contributed by atoms with E-state index in [9.17, 15) is 9.90 Å². The van der Waals surface area contributed by atoms with Gasteiger partial charge in [0.15, 0.2) is 5.78 Å².